The lowest BCUT2D eigenvalue weighted by Crippen LogP contribution is -2.32. The van der Waals surface area contributed by atoms with Gasteiger partial charge < -0.3 is 4.57 Å². The Morgan fingerprint density at radius 2 is 2.17 bits per heavy atom. The van der Waals surface area contributed by atoms with Gasteiger partial charge in [0.1, 0.15) is 0 Å². The topological polar surface area (TPSA) is 51.8 Å². The molecule has 0 unspecified atom stereocenters. The molecule has 0 bridgehead atoms. The first-order valence-corrected chi connectivity index (χ1v) is 9.09. The van der Waals surface area contributed by atoms with E-state index in [-0.39, 0.29) is 0 Å². The van der Waals surface area contributed by atoms with Crippen LogP contribution >= 0.6 is 11.8 Å². The second-order valence-electron chi connectivity index (χ2n) is 6.07. The minimum atomic E-state index is 0.850. The van der Waals surface area contributed by atoms with Crippen LogP contribution in [0.2, 0.25) is 0 Å². The number of thioether (sulfide) groups is 1. The van der Waals surface area contributed by atoms with Gasteiger partial charge in [-0.05, 0) is 19.4 Å². The van der Waals surface area contributed by atoms with E-state index in [1.165, 1.54) is 5.56 Å². The van der Waals surface area contributed by atoms with Crippen LogP contribution in [-0.2, 0) is 13.2 Å². The van der Waals surface area contributed by atoms with Gasteiger partial charge in [0.25, 0.3) is 0 Å². The first-order valence-electron chi connectivity index (χ1n) is 8.11. The van der Waals surface area contributed by atoms with Crippen molar-refractivity contribution in [3.8, 4) is 11.4 Å². The molecule has 0 radical (unpaired) electrons. The fourth-order valence-electron chi connectivity index (χ4n) is 2.94. The molecule has 0 N–H and O–H groups in total. The molecule has 1 aliphatic heterocycles. The normalized spacial score (nSPS) is 14.7. The van der Waals surface area contributed by atoms with E-state index in [0.29, 0.717) is 0 Å². The van der Waals surface area contributed by atoms with Crippen LogP contribution in [0.3, 0.4) is 0 Å². The zero-order valence-corrected chi connectivity index (χ0v) is 14.5. The molecule has 1 aromatic carbocycles. The fourth-order valence-corrected chi connectivity index (χ4v) is 3.85. The van der Waals surface area contributed by atoms with E-state index in [1.54, 1.807) is 11.8 Å². The summed E-state index contributed by atoms with van der Waals surface area (Å²) in [5.41, 5.74) is 2.38. The minimum absolute atomic E-state index is 0.850. The number of aryl methyl sites for hydroxylation is 2. The molecule has 3 heterocycles. The fraction of sp³-hybridized carbons (Fsp3) is 0.353. The van der Waals surface area contributed by atoms with Crippen molar-refractivity contribution in [1.29, 1.82) is 0 Å². The molecule has 0 aliphatic carbocycles. The number of hydrogen-bond acceptors (Lipinski definition) is 5. The maximum atomic E-state index is 4.42. The van der Waals surface area contributed by atoms with Crippen molar-refractivity contribution in [3.05, 3.63) is 48.5 Å². The van der Waals surface area contributed by atoms with E-state index in [9.17, 15) is 0 Å². The molecule has 2 aromatic heterocycles. The zero-order valence-electron chi connectivity index (χ0n) is 13.7. The Labute approximate surface area is 145 Å². The van der Waals surface area contributed by atoms with Crippen molar-refractivity contribution in [2.24, 2.45) is 0 Å². The number of benzene rings is 1. The minimum Gasteiger partial charge on any atom is -0.337 e. The van der Waals surface area contributed by atoms with E-state index >= 15 is 0 Å². The zero-order chi connectivity index (χ0) is 16.4. The molecule has 3 aromatic rings. The Morgan fingerprint density at radius 3 is 3.00 bits per heavy atom. The van der Waals surface area contributed by atoms with Crippen LogP contribution in [0.5, 0.6) is 0 Å². The Kier molecular flexibility index (Phi) is 4.36. The lowest BCUT2D eigenvalue weighted by atomic mass is 10.1. The molecule has 6 nitrogen and oxygen atoms in total. The third kappa shape index (κ3) is 3.22. The van der Waals surface area contributed by atoms with Crippen molar-refractivity contribution < 1.29 is 0 Å². The lowest BCUT2D eigenvalue weighted by molar-refractivity contribution is 0.233. The Bertz CT molecular complexity index is 810. The maximum absolute atomic E-state index is 4.42. The van der Waals surface area contributed by atoms with E-state index in [0.717, 1.165) is 48.6 Å². The molecule has 0 spiro atoms. The van der Waals surface area contributed by atoms with Gasteiger partial charge in [-0.15, -0.1) is 10.2 Å². The van der Waals surface area contributed by atoms with Gasteiger partial charge in [0.15, 0.2) is 11.0 Å². The Balaban J connectivity index is 1.45. The molecule has 0 atom stereocenters. The number of imidazole rings is 1. The van der Waals surface area contributed by atoms with Crippen LogP contribution in [-0.4, -0.2) is 41.6 Å². The van der Waals surface area contributed by atoms with Gasteiger partial charge >= 0.3 is 0 Å². The van der Waals surface area contributed by atoms with Crippen LogP contribution < -0.4 is 0 Å². The Morgan fingerprint density at radius 1 is 1.21 bits per heavy atom. The maximum Gasteiger partial charge on any atom is 0.193 e. The Hall–Kier alpha value is -2.12. The summed E-state index contributed by atoms with van der Waals surface area (Å²) in [5.74, 6) is 1.93. The first kappa shape index (κ1) is 15.4. The van der Waals surface area contributed by atoms with Gasteiger partial charge in [-0.3, -0.25) is 9.47 Å². The molecule has 124 valence electrons. The average Bonchev–Trinajstić information content (AvgIpc) is 3.24. The highest BCUT2D eigenvalue weighted by atomic mass is 32.2. The van der Waals surface area contributed by atoms with Crippen molar-refractivity contribution in [2.45, 2.75) is 31.7 Å². The monoisotopic (exact) mass is 340 g/mol. The van der Waals surface area contributed by atoms with E-state index in [4.69, 9.17) is 0 Å². The van der Waals surface area contributed by atoms with Crippen LogP contribution in [0, 0.1) is 6.92 Å². The summed E-state index contributed by atoms with van der Waals surface area (Å²) >= 11 is 1.76. The molecule has 1 aliphatic rings. The van der Waals surface area contributed by atoms with Crippen molar-refractivity contribution >= 4 is 11.8 Å². The summed E-state index contributed by atoms with van der Waals surface area (Å²) in [5, 5.41) is 9.78. The van der Waals surface area contributed by atoms with Crippen LogP contribution in [0.4, 0.5) is 0 Å². The van der Waals surface area contributed by atoms with Crippen LogP contribution in [0.25, 0.3) is 11.4 Å². The van der Waals surface area contributed by atoms with E-state index < -0.39 is 0 Å². The molecule has 0 saturated carbocycles. The summed E-state index contributed by atoms with van der Waals surface area (Å²) in [6.45, 7) is 5.01. The predicted octanol–water partition coefficient (Wildman–Crippen LogP) is 2.86. The number of aromatic nitrogens is 5. The number of fused-ring (bicyclic) bond motifs is 1. The average molecular weight is 340 g/mol. The van der Waals surface area contributed by atoms with E-state index in [1.807, 2.05) is 18.7 Å². The molecule has 0 saturated heterocycles. The predicted molar refractivity (Wildman–Crippen MR) is 94.5 cm³/mol. The summed E-state index contributed by atoms with van der Waals surface area (Å²) in [4.78, 5) is 6.53. The van der Waals surface area contributed by atoms with Crippen molar-refractivity contribution in [3.63, 3.8) is 0 Å². The summed E-state index contributed by atoms with van der Waals surface area (Å²) in [6, 6.07) is 8.45. The van der Waals surface area contributed by atoms with Gasteiger partial charge in [0.2, 0.25) is 0 Å². The van der Waals surface area contributed by atoms with Gasteiger partial charge in [0, 0.05) is 31.0 Å². The quantitative estimate of drug-likeness (QED) is 0.715. The smallest absolute Gasteiger partial charge is 0.193 e. The van der Waals surface area contributed by atoms with Gasteiger partial charge in [-0.25, -0.2) is 4.98 Å². The second kappa shape index (κ2) is 6.78. The van der Waals surface area contributed by atoms with Gasteiger partial charge in [0.05, 0.1) is 18.9 Å². The largest absolute Gasteiger partial charge is 0.337 e. The van der Waals surface area contributed by atoms with Crippen molar-refractivity contribution in [1.82, 2.24) is 29.2 Å². The van der Waals surface area contributed by atoms with Gasteiger partial charge in [-0.1, -0.05) is 35.5 Å². The second-order valence-corrected chi connectivity index (χ2v) is 6.98. The number of rotatable bonds is 5. The van der Waals surface area contributed by atoms with Gasteiger partial charge in [-0.2, -0.15) is 0 Å². The molecule has 0 amide bonds. The van der Waals surface area contributed by atoms with E-state index in [2.05, 4.69) is 60.4 Å². The molecule has 4 rings (SSSR count). The summed E-state index contributed by atoms with van der Waals surface area (Å²) in [6.07, 6.45) is 6.82. The van der Waals surface area contributed by atoms with Crippen molar-refractivity contribution in [2.75, 3.05) is 12.4 Å². The van der Waals surface area contributed by atoms with Crippen LogP contribution in [0.1, 0.15) is 12.0 Å². The molecular formula is C17H20N6S. The highest BCUT2D eigenvalue weighted by molar-refractivity contribution is 7.99. The third-order valence-corrected chi connectivity index (χ3v) is 5.22. The number of hydrogen-bond donors (Lipinski definition) is 0. The molecular weight excluding hydrogens is 320 g/mol. The summed E-state index contributed by atoms with van der Waals surface area (Å²) in [7, 11) is 0. The standard InChI is InChI=1S/C17H20N6S/c1-14-4-2-5-15(10-14)16-19-20-17-23(16)12-22(13-24-17)8-3-7-21-9-6-18-11-21/h2,4-6,9-11H,3,7-8,12-13H2,1H3. The summed E-state index contributed by atoms with van der Waals surface area (Å²) < 4.78 is 4.35. The lowest BCUT2D eigenvalue weighted by Gasteiger charge is -2.27. The highest BCUT2D eigenvalue weighted by Crippen LogP contribution is 2.29. The molecule has 24 heavy (non-hydrogen) atoms. The van der Waals surface area contributed by atoms with Crippen LogP contribution in [0.15, 0.2) is 48.1 Å². The highest BCUT2D eigenvalue weighted by Gasteiger charge is 2.22. The SMILES string of the molecule is Cc1cccc(-c2nnc3n2CN(CCCn2ccnc2)CS3)c1. The molecule has 0 fully saturated rings. The molecule has 7 heteroatoms. The first-order chi connectivity index (χ1) is 11.8. The third-order valence-electron chi connectivity index (χ3n) is 4.16. The number of nitrogens with zero attached hydrogens (tertiary/aromatic N) is 6.